The van der Waals surface area contributed by atoms with Crippen molar-refractivity contribution in [1.82, 2.24) is 5.32 Å². The van der Waals surface area contributed by atoms with E-state index in [0.717, 1.165) is 19.3 Å². The largest absolute Gasteiger partial charge is 0.387 e. The lowest BCUT2D eigenvalue weighted by atomic mass is 10.1. The van der Waals surface area contributed by atoms with Crippen LogP contribution in [0.1, 0.15) is 44.8 Å². The molecule has 1 aromatic rings. The average molecular weight is 266 g/mol. The van der Waals surface area contributed by atoms with E-state index in [2.05, 4.69) is 19.2 Å². The Morgan fingerprint density at radius 3 is 2.42 bits per heavy atom. The summed E-state index contributed by atoms with van der Waals surface area (Å²) in [5.74, 6) is 0. The number of rotatable bonds is 8. The van der Waals surface area contributed by atoms with Crippen molar-refractivity contribution in [1.29, 1.82) is 0 Å². The topological polar surface area (TPSA) is 75.4 Å². The maximum atomic E-state index is 10.5. The number of non-ortho nitro benzene ring substituents is 1. The van der Waals surface area contributed by atoms with Gasteiger partial charge in [-0.15, -0.1) is 0 Å². The van der Waals surface area contributed by atoms with Crippen LogP contribution in [0, 0.1) is 10.1 Å². The highest BCUT2D eigenvalue weighted by molar-refractivity contribution is 5.33. The standard InChI is InChI=1S/C14H22N2O3/c1-3-5-12(4-2)15-10-14(17)11-6-8-13(9-7-11)16(18)19/h6-9,12,14-15,17H,3-5,10H2,1-2H3. The van der Waals surface area contributed by atoms with Gasteiger partial charge in [0, 0.05) is 24.7 Å². The Hall–Kier alpha value is -1.46. The van der Waals surface area contributed by atoms with Gasteiger partial charge in [-0.25, -0.2) is 0 Å². The summed E-state index contributed by atoms with van der Waals surface area (Å²) >= 11 is 0. The summed E-state index contributed by atoms with van der Waals surface area (Å²) in [6, 6.07) is 6.46. The molecule has 0 fully saturated rings. The summed E-state index contributed by atoms with van der Waals surface area (Å²) in [5.41, 5.74) is 0.741. The van der Waals surface area contributed by atoms with Crippen molar-refractivity contribution in [3.63, 3.8) is 0 Å². The zero-order valence-corrected chi connectivity index (χ0v) is 11.5. The minimum Gasteiger partial charge on any atom is -0.387 e. The molecule has 0 saturated heterocycles. The van der Waals surface area contributed by atoms with Gasteiger partial charge >= 0.3 is 0 Å². The Bertz CT molecular complexity index is 392. The Kier molecular flexibility index (Phi) is 6.45. The first-order valence-corrected chi connectivity index (χ1v) is 6.74. The van der Waals surface area contributed by atoms with Crippen molar-refractivity contribution < 1.29 is 10.0 Å². The van der Waals surface area contributed by atoms with E-state index in [4.69, 9.17) is 0 Å². The van der Waals surface area contributed by atoms with Crippen molar-refractivity contribution in [2.24, 2.45) is 0 Å². The number of nitro benzene ring substituents is 1. The predicted octanol–water partition coefficient (Wildman–Crippen LogP) is 2.80. The van der Waals surface area contributed by atoms with Crippen LogP contribution >= 0.6 is 0 Å². The molecule has 0 aliphatic rings. The number of nitrogens with one attached hydrogen (secondary N) is 1. The molecule has 0 aliphatic carbocycles. The first-order chi connectivity index (χ1) is 9.08. The molecule has 1 rings (SSSR count). The van der Waals surface area contributed by atoms with Crippen LogP contribution in [0.4, 0.5) is 5.69 Å². The fourth-order valence-corrected chi connectivity index (χ4v) is 2.01. The third-order valence-electron chi connectivity index (χ3n) is 3.22. The number of aliphatic hydroxyl groups is 1. The van der Waals surface area contributed by atoms with Crippen LogP contribution in [0.25, 0.3) is 0 Å². The smallest absolute Gasteiger partial charge is 0.269 e. The van der Waals surface area contributed by atoms with Gasteiger partial charge in [0.2, 0.25) is 0 Å². The third kappa shape index (κ3) is 4.96. The Morgan fingerprint density at radius 1 is 1.32 bits per heavy atom. The molecule has 0 radical (unpaired) electrons. The molecule has 5 heteroatoms. The third-order valence-corrected chi connectivity index (χ3v) is 3.22. The van der Waals surface area contributed by atoms with Crippen molar-refractivity contribution in [2.75, 3.05) is 6.54 Å². The molecule has 0 spiro atoms. The molecule has 2 atom stereocenters. The fourth-order valence-electron chi connectivity index (χ4n) is 2.01. The summed E-state index contributed by atoms with van der Waals surface area (Å²) in [4.78, 5) is 10.1. The predicted molar refractivity (Wildman–Crippen MR) is 75.0 cm³/mol. The van der Waals surface area contributed by atoms with Gasteiger partial charge in [-0.05, 0) is 30.5 Å². The quantitative estimate of drug-likeness (QED) is 0.560. The zero-order chi connectivity index (χ0) is 14.3. The van der Waals surface area contributed by atoms with Crippen LogP contribution in [0.2, 0.25) is 0 Å². The minimum absolute atomic E-state index is 0.0429. The zero-order valence-electron chi connectivity index (χ0n) is 11.5. The summed E-state index contributed by atoms with van der Waals surface area (Å²) in [7, 11) is 0. The number of hydrogen-bond donors (Lipinski definition) is 2. The molecule has 0 aromatic heterocycles. The van der Waals surface area contributed by atoms with Crippen molar-refractivity contribution in [2.45, 2.75) is 45.3 Å². The van der Waals surface area contributed by atoms with Gasteiger partial charge in [0.05, 0.1) is 11.0 Å². The van der Waals surface area contributed by atoms with E-state index in [9.17, 15) is 15.2 Å². The number of aliphatic hydroxyl groups excluding tert-OH is 1. The van der Waals surface area contributed by atoms with E-state index in [-0.39, 0.29) is 5.69 Å². The van der Waals surface area contributed by atoms with Crippen LogP contribution in [0.5, 0.6) is 0 Å². The summed E-state index contributed by atoms with van der Waals surface area (Å²) in [6.45, 7) is 4.72. The van der Waals surface area contributed by atoms with E-state index < -0.39 is 11.0 Å². The van der Waals surface area contributed by atoms with Gasteiger partial charge < -0.3 is 10.4 Å². The van der Waals surface area contributed by atoms with E-state index in [1.165, 1.54) is 12.1 Å². The maximum absolute atomic E-state index is 10.5. The second-order valence-electron chi connectivity index (χ2n) is 4.67. The van der Waals surface area contributed by atoms with E-state index in [1.807, 2.05) is 0 Å². The molecule has 106 valence electrons. The second-order valence-corrected chi connectivity index (χ2v) is 4.67. The molecular weight excluding hydrogens is 244 g/mol. The molecule has 0 amide bonds. The maximum Gasteiger partial charge on any atom is 0.269 e. The Morgan fingerprint density at radius 2 is 1.95 bits per heavy atom. The first kappa shape index (κ1) is 15.6. The van der Waals surface area contributed by atoms with Crippen molar-refractivity contribution in [3.8, 4) is 0 Å². The van der Waals surface area contributed by atoms with Crippen LogP contribution in [0.15, 0.2) is 24.3 Å². The normalized spacial score (nSPS) is 14.1. The molecule has 0 bridgehead atoms. The molecule has 1 aromatic carbocycles. The summed E-state index contributed by atoms with van der Waals surface area (Å²) in [6.07, 6.45) is 2.59. The minimum atomic E-state index is -0.633. The van der Waals surface area contributed by atoms with Gasteiger partial charge in [0.25, 0.3) is 5.69 Å². The van der Waals surface area contributed by atoms with Gasteiger partial charge in [-0.1, -0.05) is 20.3 Å². The molecule has 2 unspecified atom stereocenters. The lowest BCUT2D eigenvalue weighted by Crippen LogP contribution is -2.32. The van der Waals surface area contributed by atoms with Gasteiger partial charge in [0.1, 0.15) is 0 Å². The monoisotopic (exact) mass is 266 g/mol. The average Bonchev–Trinajstić information content (AvgIpc) is 2.43. The second kappa shape index (κ2) is 7.86. The lowest BCUT2D eigenvalue weighted by molar-refractivity contribution is -0.384. The molecule has 0 heterocycles. The van der Waals surface area contributed by atoms with Crippen LogP contribution in [-0.2, 0) is 0 Å². The Balaban J connectivity index is 2.53. The fraction of sp³-hybridized carbons (Fsp3) is 0.571. The van der Waals surface area contributed by atoms with Crippen LogP contribution in [0.3, 0.4) is 0 Å². The highest BCUT2D eigenvalue weighted by Crippen LogP contribution is 2.17. The molecule has 0 saturated carbocycles. The van der Waals surface area contributed by atoms with Gasteiger partial charge in [-0.3, -0.25) is 10.1 Å². The van der Waals surface area contributed by atoms with Gasteiger partial charge in [0.15, 0.2) is 0 Å². The highest BCUT2D eigenvalue weighted by Gasteiger charge is 2.12. The molecule has 5 nitrogen and oxygen atoms in total. The van der Waals surface area contributed by atoms with Crippen LogP contribution in [-0.4, -0.2) is 22.6 Å². The van der Waals surface area contributed by atoms with Crippen molar-refractivity contribution in [3.05, 3.63) is 39.9 Å². The van der Waals surface area contributed by atoms with Gasteiger partial charge in [-0.2, -0.15) is 0 Å². The molecular formula is C14H22N2O3. The number of hydrogen-bond acceptors (Lipinski definition) is 4. The molecule has 0 aliphatic heterocycles. The summed E-state index contributed by atoms with van der Waals surface area (Å²) < 4.78 is 0. The number of nitrogens with zero attached hydrogens (tertiary/aromatic N) is 1. The van der Waals surface area contributed by atoms with E-state index >= 15 is 0 Å². The van der Waals surface area contributed by atoms with E-state index in [1.54, 1.807) is 12.1 Å². The van der Waals surface area contributed by atoms with Crippen molar-refractivity contribution >= 4 is 5.69 Å². The molecule has 2 N–H and O–H groups in total. The molecule has 19 heavy (non-hydrogen) atoms. The first-order valence-electron chi connectivity index (χ1n) is 6.74. The SMILES string of the molecule is CCCC(CC)NCC(O)c1ccc([N+](=O)[O-])cc1. The highest BCUT2D eigenvalue weighted by atomic mass is 16.6. The van der Waals surface area contributed by atoms with Crippen LogP contribution < -0.4 is 5.32 Å². The number of nitro groups is 1. The van der Waals surface area contributed by atoms with E-state index in [0.29, 0.717) is 18.2 Å². The lowest BCUT2D eigenvalue weighted by Gasteiger charge is -2.19. The Labute approximate surface area is 113 Å². The number of benzene rings is 1. The summed E-state index contributed by atoms with van der Waals surface area (Å²) in [5, 5.41) is 23.9.